The zero-order chi connectivity index (χ0) is 19.1. The minimum Gasteiger partial charge on any atom is -0.384 e. The molecule has 0 fully saturated rings. The molecule has 7 heteroatoms. The van der Waals surface area contributed by atoms with Gasteiger partial charge in [0.2, 0.25) is 9.84 Å². The lowest BCUT2D eigenvalue weighted by Gasteiger charge is -2.11. The summed E-state index contributed by atoms with van der Waals surface area (Å²) in [4.78, 5) is 0.0976. The highest BCUT2D eigenvalue weighted by atomic mass is 79.9. The number of anilines is 1. The zero-order valence-electron chi connectivity index (χ0n) is 14.3. The van der Waals surface area contributed by atoms with Crippen LogP contribution in [0.1, 0.15) is 16.8 Å². The van der Waals surface area contributed by atoms with Gasteiger partial charge in [0.05, 0.1) is 11.4 Å². The van der Waals surface area contributed by atoms with Crippen LogP contribution in [0.2, 0.25) is 0 Å². The standard InChI is InChI=1S/C19H18BrFN2O2S/c1-12-13(2)23(11-14-5-3-4-6-17(14)20)19(22)18(12)26(24,25)16-9-7-15(21)8-10-16/h3-10H,11,22H2,1-2H3. The predicted octanol–water partition coefficient (Wildman–Crippen LogP) is 4.47. The molecule has 1 aromatic heterocycles. The maximum Gasteiger partial charge on any atom is 0.210 e. The maximum absolute atomic E-state index is 13.2. The number of sulfone groups is 1. The molecule has 2 N–H and O–H groups in total. The molecule has 0 saturated heterocycles. The van der Waals surface area contributed by atoms with Gasteiger partial charge in [-0.05, 0) is 55.3 Å². The third-order valence-corrected chi connectivity index (χ3v) is 7.21. The number of nitrogens with zero attached hydrogens (tertiary/aromatic N) is 1. The number of rotatable bonds is 4. The van der Waals surface area contributed by atoms with E-state index in [9.17, 15) is 12.8 Å². The number of halogens is 2. The molecule has 136 valence electrons. The van der Waals surface area contributed by atoms with Crippen LogP contribution in [-0.4, -0.2) is 13.0 Å². The van der Waals surface area contributed by atoms with Crippen LogP contribution in [0.25, 0.3) is 0 Å². The highest BCUT2D eigenvalue weighted by Crippen LogP contribution is 2.34. The Balaban J connectivity index is 2.13. The third kappa shape index (κ3) is 3.17. The van der Waals surface area contributed by atoms with Gasteiger partial charge in [-0.15, -0.1) is 0 Å². The van der Waals surface area contributed by atoms with E-state index in [4.69, 9.17) is 5.73 Å². The normalized spacial score (nSPS) is 11.7. The minimum atomic E-state index is -3.85. The Kier molecular flexibility index (Phi) is 4.94. The molecule has 26 heavy (non-hydrogen) atoms. The highest BCUT2D eigenvalue weighted by molar-refractivity contribution is 9.10. The molecule has 3 rings (SSSR count). The highest BCUT2D eigenvalue weighted by Gasteiger charge is 2.28. The van der Waals surface area contributed by atoms with Crippen molar-refractivity contribution in [3.8, 4) is 0 Å². The van der Waals surface area contributed by atoms with Crippen LogP contribution in [0.5, 0.6) is 0 Å². The van der Waals surface area contributed by atoms with Gasteiger partial charge in [0.25, 0.3) is 0 Å². The first kappa shape index (κ1) is 18.7. The summed E-state index contributed by atoms with van der Waals surface area (Å²) in [7, 11) is -3.85. The number of nitrogens with two attached hydrogens (primary N) is 1. The van der Waals surface area contributed by atoms with Crippen LogP contribution in [0.4, 0.5) is 10.2 Å². The molecule has 1 heterocycles. The van der Waals surface area contributed by atoms with E-state index in [1.807, 2.05) is 31.2 Å². The van der Waals surface area contributed by atoms with Crippen molar-refractivity contribution in [2.75, 3.05) is 5.73 Å². The van der Waals surface area contributed by atoms with Crippen molar-refractivity contribution in [2.24, 2.45) is 0 Å². The minimum absolute atomic E-state index is 0.0201. The molecule has 4 nitrogen and oxygen atoms in total. The van der Waals surface area contributed by atoms with Crippen molar-refractivity contribution in [1.29, 1.82) is 0 Å². The van der Waals surface area contributed by atoms with E-state index in [0.29, 0.717) is 12.1 Å². The topological polar surface area (TPSA) is 65.1 Å². The van der Waals surface area contributed by atoms with Gasteiger partial charge in [-0.2, -0.15) is 0 Å². The quantitative estimate of drug-likeness (QED) is 0.613. The van der Waals surface area contributed by atoms with Gasteiger partial charge in [0.15, 0.2) is 0 Å². The summed E-state index contributed by atoms with van der Waals surface area (Å²) in [6.45, 7) is 4.02. The number of benzene rings is 2. The van der Waals surface area contributed by atoms with Crippen LogP contribution in [0.3, 0.4) is 0 Å². The van der Waals surface area contributed by atoms with Gasteiger partial charge < -0.3 is 10.3 Å². The SMILES string of the molecule is Cc1c(S(=O)(=O)c2ccc(F)cc2)c(N)n(Cc2ccccc2Br)c1C. The van der Waals surface area contributed by atoms with Crippen molar-refractivity contribution >= 4 is 31.6 Å². The van der Waals surface area contributed by atoms with Crippen LogP contribution in [0, 0.1) is 19.7 Å². The Bertz CT molecular complexity index is 1070. The lowest BCUT2D eigenvalue weighted by atomic mass is 10.2. The molecule has 0 amide bonds. The second-order valence-corrected chi connectivity index (χ2v) is 8.80. The van der Waals surface area contributed by atoms with E-state index in [1.54, 1.807) is 11.5 Å². The first-order valence-corrected chi connectivity index (χ1v) is 10.2. The first-order chi connectivity index (χ1) is 12.2. The van der Waals surface area contributed by atoms with E-state index in [2.05, 4.69) is 15.9 Å². The van der Waals surface area contributed by atoms with Crippen molar-refractivity contribution in [3.05, 3.63) is 75.6 Å². The smallest absolute Gasteiger partial charge is 0.210 e. The van der Waals surface area contributed by atoms with Crippen molar-refractivity contribution in [3.63, 3.8) is 0 Å². The van der Waals surface area contributed by atoms with E-state index < -0.39 is 15.7 Å². The average Bonchev–Trinajstić information content (AvgIpc) is 2.81. The van der Waals surface area contributed by atoms with Crippen LogP contribution < -0.4 is 5.73 Å². The summed E-state index contributed by atoms with van der Waals surface area (Å²) < 4.78 is 42.0. The molecule has 0 aliphatic carbocycles. The van der Waals surface area contributed by atoms with Gasteiger partial charge in [-0.1, -0.05) is 34.1 Å². The monoisotopic (exact) mass is 436 g/mol. The fraction of sp³-hybridized carbons (Fsp3) is 0.158. The molecule has 2 aromatic carbocycles. The number of hydrogen-bond donors (Lipinski definition) is 1. The Labute approximate surface area is 160 Å². The molecule has 0 saturated carbocycles. The molecular weight excluding hydrogens is 419 g/mol. The second kappa shape index (κ2) is 6.89. The fourth-order valence-corrected chi connectivity index (χ4v) is 5.01. The van der Waals surface area contributed by atoms with Crippen molar-refractivity contribution < 1.29 is 12.8 Å². The van der Waals surface area contributed by atoms with Gasteiger partial charge in [-0.3, -0.25) is 0 Å². The molecule has 0 spiro atoms. The fourth-order valence-electron chi connectivity index (χ4n) is 2.93. The summed E-state index contributed by atoms with van der Waals surface area (Å²) in [5.41, 5.74) is 8.61. The Morgan fingerprint density at radius 2 is 1.69 bits per heavy atom. The van der Waals surface area contributed by atoms with Crippen LogP contribution >= 0.6 is 15.9 Å². The summed E-state index contributed by atoms with van der Waals surface area (Å²) in [6.07, 6.45) is 0. The maximum atomic E-state index is 13.2. The Hall–Kier alpha value is -2.12. The lowest BCUT2D eigenvalue weighted by Crippen LogP contribution is -2.09. The molecule has 0 aliphatic rings. The van der Waals surface area contributed by atoms with Gasteiger partial charge >= 0.3 is 0 Å². The van der Waals surface area contributed by atoms with E-state index >= 15 is 0 Å². The van der Waals surface area contributed by atoms with Crippen LogP contribution in [-0.2, 0) is 16.4 Å². The van der Waals surface area contributed by atoms with E-state index in [1.165, 1.54) is 12.1 Å². The molecule has 3 aromatic rings. The van der Waals surface area contributed by atoms with E-state index in [0.717, 1.165) is 27.9 Å². The molecule has 0 atom stereocenters. The van der Waals surface area contributed by atoms with Crippen LogP contribution in [0.15, 0.2) is 62.8 Å². The predicted molar refractivity (Wildman–Crippen MR) is 103 cm³/mol. The largest absolute Gasteiger partial charge is 0.384 e. The van der Waals surface area contributed by atoms with Gasteiger partial charge in [0, 0.05) is 10.2 Å². The molecule has 0 radical (unpaired) electrons. The summed E-state index contributed by atoms with van der Waals surface area (Å²) >= 11 is 3.50. The van der Waals surface area contributed by atoms with Crippen molar-refractivity contribution in [1.82, 2.24) is 4.57 Å². The molecule has 0 aliphatic heterocycles. The summed E-state index contributed by atoms with van der Waals surface area (Å²) in [5.74, 6) is -0.309. The van der Waals surface area contributed by atoms with E-state index in [-0.39, 0.29) is 15.6 Å². The summed E-state index contributed by atoms with van der Waals surface area (Å²) in [6, 6.07) is 12.5. The number of nitrogen functional groups attached to an aromatic ring is 1. The Morgan fingerprint density at radius 3 is 2.31 bits per heavy atom. The van der Waals surface area contributed by atoms with Gasteiger partial charge in [0.1, 0.15) is 16.5 Å². The number of aromatic nitrogens is 1. The summed E-state index contributed by atoms with van der Waals surface area (Å²) in [5, 5.41) is 0. The molecule has 0 unspecified atom stereocenters. The second-order valence-electron chi connectivity index (χ2n) is 6.06. The first-order valence-electron chi connectivity index (χ1n) is 7.92. The lowest BCUT2D eigenvalue weighted by molar-refractivity contribution is 0.594. The average molecular weight is 437 g/mol. The molecule has 0 bridgehead atoms. The number of hydrogen-bond acceptors (Lipinski definition) is 3. The Morgan fingerprint density at radius 1 is 1.08 bits per heavy atom. The van der Waals surface area contributed by atoms with Gasteiger partial charge in [-0.25, -0.2) is 12.8 Å². The molecular formula is C19H18BrFN2O2S. The zero-order valence-corrected chi connectivity index (χ0v) is 16.7. The third-order valence-electron chi connectivity index (χ3n) is 4.49. The van der Waals surface area contributed by atoms with Crippen molar-refractivity contribution in [2.45, 2.75) is 30.2 Å².